The number of hydrogen-bond donors (Lipinski definition) is 1. The van der Waals surface area contributed by atoms with Gasteiger partial charge < -0.3 is 14.7 Å². The summed E-state index contributed by atoms with van der Waals surface area (Å²) in [6.45, 7) is 0.125. The van der Waals surface area contributed by atoms with E-state index in [2.05, 4.69) is 4.98 Å². The first-order valence-corrected chi connectivity index (χ1v) is 9.48. The first-order chi connectivity index (χ1) is 14.6. The van der Waals surface area contributed by atoms with Crippen LogP contribution >= 0.6 is 0 Å². The van der Waals surface area contributed by atoms with E-state index in [9.17, 15) is 14.7 Å². The number of methoxy groups -OCH3 is 1. The molecular formula is C24H20N2O4. The Balaban J connectivity index is 1.90. The van der Waals surface area contributed by atoms with Crippen molar-refractivity contribution in [2.45, 2.75) is 12.6 Å². The van der Waals surface area contributed by atoms with Crippen LogP contribution in [0.5, 0.6) is 5.75 Å². The van der Waals surface area contributed by atoms with Crippen molar-refractivity contribution in [1.82, 2.24) is 9.88 Å². The number of pyridine rings is 1. The van der Waals surface area contributed by atoms with Crippen LogP contribution in [0.2, 0.25) is 0 Å². The van der Waals surface area contributed by atoms with Crippen LogP contribution < -0.4 is 4.74 Å². The number of hydrogen-bond acceptors (Lipinski definition) is 5. The molecule has 30 heavy (non-hydrogen) atoms. The number of Topliss-reactive ketones (excluding diaryl/α,β-unsaturated/α-hetero) is 1. The predicted octanol–water partition coefficient (Wildman–Crippen LogP) is 3.71. The Kier molecular flexibility index (Phi) is 5.30. The third kappa shape index (κ3) is 3.43. The first-order valence-electron chi connectivity index (χ1n) is 9.48. The van der Waals surface area contributed by atoms with E-state index >= 15 is 0 Å². The average molecular weight is 400 g/mol. The molecule has 150 valence electrons. The number of amides is 1. The molecule has 1 fully saturated rings. The quantitative estimate of drug-likeness (QED) is 0.401. The van der Waals surface area contributed by atoms with Gasteiger partial charge in [0, 0.05) is 17.3 Å². The molecule has 2 aromatic carbocycles. The fourth-order valence-corrected chi connectivity index (χ4v) is 3.68. The van der Waals surface area contributed by atoms with Gasteiger partial charge in [-0.1, -0.05) is 54.6 Å². The largest absolute Gasteiger partial charge is 0.507 e. The Bertz CT molecular complexity index is 1110. The molecular weight excluding hydrogens is 380 g/mol. The van der Waals surface area contributed by atoms with Gasteiger partial charge in [-0.05, 0) is 18.2 Å². The number of carbonyl (C=O) groups excluding carboxylic acids is 2. The monoisotopic (exact) mass is 400 g/mol. The third-order valence-electron chi connectivity index (χ3n) is 5.08. The summed E-state index contributed by atoms with van der Waals surface area (Å²) in [6, 6.07) is 20.5. The van der Waals surface area contributed by atoms with E-state index in [-0.39, 0.29) is 17.9 Å². The van der Waals surface area contributed by atoms with Crippen LogP contribution in [-0.4, -0.2) is 33.8 Å². The highest BCUT2D eigenvalue weighted by Gasteiger charge is 2.47. The zero-order valence-electron chi connectivity index (χ0n) is 16.4. The maximum Gasteiger partial charge on any atom is 0.296 e. The minimum atomic E-state index is -0.802. The Morgan fingerprint density at radius 2 is 1.70 bits per heavy atom. The van der Waals surface area contributed by atoms with Gasteiger partial charge in [0.1, 0.15) is 11.5 Å². The molecule has 0 spiro atoms. The van der Waals surface area contributed by atoms with Crippen molar-refractivity contribution in [3.8, 4) is 5.75 Å². The molecule has 1 atom stereocenters. The topological polar surface area (TPSA) is 79.7 Å². The minimum Gasteiger partial charge on any atom is -0.507 e. The van der Waals surface area contributed by atoms with Crippen molar-refractivity contribution in [2.75, 3.05) is 7.11 Å². The van der Waals surface area contributed by atoms with Crippen LogP contribution in [0.3, 0.4) is 0 Å². The van der Waals surface area contributed by atoms with Gasteiger partial charge in [-0.25, -0.2) is 0 Å². The molecule has 3 aromatic rings. The summed E-state index contributed by atoms with van der Waals surface area (Å²) >= 11 is 0. The summed E-state index contributed by atoms with van der Waals surface area (Å²) in [5, 5.41) is 11.0. The lowest BCUT2D eigenvalue weighted by molar-refractivity contribution is -0.140. The molecule has 0 saturated carbocycles. The number of para-hydroxylation sites is 1. The lowest BCUT2D eigenvalue weighted by atomic mass is 9.94. The van der Waals surface area contributed by atoms with Gasteiger partial charge in [0.2, 0.25) is 0 Å². The molecule has 0 radical (unpaired) electrons. The van der Waals surface area contributed by atoms with E-state index in [1.54, 1.807) is 60.8 Å². The van der Waals surface area contributed by atoms with Crippen LogP contribution in [0, 0.1) is 0 Å². The van der Waals surface area contributed by atoms with Crippen molar-refractivity contribution in [2.24, 2.45) is 0 Å². The standard InChI is InChI=1S/C24H20N2O4/c1-30-19-13-6-5-12-18(19)21-20(22(27)16-9-3-2-4-10-16)23(28)24(29)26(21)15-17-11-7-8-14-25-17/h2-14,21,27H,15H2,1H3/b22-20-. The maximum absolute atomic E-state index is 13.0. The second-order valence-electron chi connectivity index (χ2n) is 6.86. The number of nitrogens with zero attached hydrogens (tertiary/aromatic N) is 2. The fraction of sp³-hybridized carbons (Fsp3) is 0.125. The van der Waals surface area contributed by atoms with E-state index in [1.165, 1.54) is 12.0 Å². The van der Waals surface area contributed by atoms with Gasteiger partial charge in [0.25, 0.3) is 11.7 Å². The summed E-state index contributed by atoms with van der Waals surface area (Å²) in [6.07, 6.45) is 1.63. The number of rotatable bonds is 5. The number of aliphatic hydroxyl groups excluding tert-OH is 1. The van der Waals surface area contributed by atoms with Gasteiger partial charge in [-0.15, -0.1) is 0 Å². The van der Waals surface area contributed by atoms with Crippen LogP contribution in [-0.2, 0) is 16.1 Å². The summed E-state index contributed by atoms with van der Waals surface area (Å²) in [5.41, 5.74) is 1.76. The number of aromatic nitrogens is 1. The Hall–Kier alpha value is -3.93. The predicted molar refractivity (Wildman–Crippen MR) is 112 cm³/mol. The molecule has 0 aliphatic carbocycles. The molecule has 4 rings (SSSR count). The highest BCUT2D eigenvalue weighted by molar-refractivity contribution is 6.46. The SMILES string of the molecule is COc1ccccc1C1/C(=C(/O)c2ccccc2)C(=O)C(=O)N1Cc1ccccn1. The first kappa shape index (κ1) is 19.4. The normalized spacial score (nSPS) is 17.9. The Morgan fingerprint density at radius 1 is 1.00 bits per heavy atom. The number of benzene rings is 2. The van der Waals surface area contributed by atoms with Crippen LogP contribution in [0.25, 0.3) is 5.76 Å². The second kappa shape index (κ2) is 8.21. The lowest BCUT2D eigenvalue weighted by Gasteiger charge is -2.26. The van der Waals surface area contributed by atoms with Crippen LogP contribution in [0.1, 0.15) is 22.9 Å². The van der Waals surface area contributed by atoms with E-state index in [0.29, 0.717) is 22.6 Å². The molecule has 1 amide bonds. The van der Waals surface area contributed by atoms with Crippen molar-refractivity contribution >= 4 is 17.4 Å². The summed E-state index contributed by atoms with van der Waals surface area (Å²) in [7, 11) is 1.53. The summed E-state index contributed by atoms with van der Waals surface area (Å²) in [5.74, 6) is -1.11. The fourth-order valence-electron chi connectivity index (χ4n) is 3.68. The lowest BCUT2D eigenvalue weighted by Crippen LogP contribution is -2.29. The van der Waals surface area contributed by atoms with Crippen molar-refractivity contribution in [3.05, 3.63) is 101 Å². The van der Waals surface area contributed by atoms with E-state index in [0.717, 1.165) is 0 Å². The number of ketones is 1. The number of likely N-dealkylation sites (tertiary alicyclic amines) is 1. The van der Waals surface area contributed by atoms with Crippen molar-refractivity contribution in [3.63, 3.8) is 0 Å². The molecule has 1 aliphatic rings. The van der Waals surface area contributed by atoms with Crippen LogP contribution in [0.4, 0.5) is 0 Å². The molecule has 1 aromatic heterocycles. The molecule has 1 aliphatic heterocycles. The maximum atomic E-state index is 13.0. The molecule has 1 saturated heterocycles. The van der Waals surface area contributed by atoms with Gasteiger partial charge in [0.15, 0.2) is 0 Å². The zero-order valence-corrected chi connectivity index (χ0v) is 16.4. The Labute approximate surface area is 174 Å². The average Bonchev–Trinajstić information content (AvgIpc) is 3.04. The molecule has 1 unspecified atom stereocenters. The molecule has 6 heteroatoms. The van der Waals surface area contributed by atoms with E-state index in [4.69, 9.17) is 4.74 Å². The molecule has 6 nitrogen and oxygen atoms in total. The molecule has 1 N–H and O–H groups in total. The van der Waals surface area contributed by atoms with E-state index in [1.807, 2.05) is 18.2 Å². The highest BCUT2D eigenvalue weighted by Crippen LogP contribution is 2.43. The van der Waals surface area contributed by atoms with Crippen molar-refractivity contribution < 1.29 is 19.4 Å². The number of ether oxygens (including phenoxy) is 1. The number of carbonyl (C=O) groups is 2. The van der Waals surface area contributed by atoms with E-state index < -0.39 is 17.7 Å². The van der Waals surface area contributed by atoms with Crippen LogP contribution in [0.15, 0.2) is 84.6 Å². The summed E-state index contributed by atoms with van der Waals surface area (Å²) in [4.78, 5) is 31.7. The molecule has 0 bridgehead atoms. The van der Waals surface area contributed by atoms with Gasteiger partial charge in [0.05, 0.1) is 31.0 Å². The second-order valence-corrected chi connectivity index (χ2v) is 6.86. The molecule has 2 heterocycles. The smallest absolute Gasteiger partial charge is 0.296 e. The third-order valence-corrected chi connectivity index (χ3v) is 5.08. The number of aliphatic hydroxyl groups is 1. The highest BCUT2D eigenvalue weighted by atomic mass is 16.5. The van der Waals surface area contributed by atoms with Gasteiger partial charge in [-0.3, -0.25) is 14.6 Å². The van der Waals surface area contributed by atoms with Gasteiger partial charge in [-0.2, -0.15) is 0 Å². The van der Waals surface area contributed by atoms with Crippen molar-refractivity contribution in [1.29, 1.82) is 0 Å². The minimum absolute atomic E-state index is 0.0339. The Morgan fingerprint density at radius 3 is 2.40 bits per heavy atom. The van der Waals surface area contributed by atoms with Gasteiger partial charge >= 0.3 is 0 Å². The zero-order chi connectivity index (χ0) is 21.1. The summed E-state index contributed by atoms with van der Waals surface area (Å²) < 4.78 is 5.49.